The monoisotopic (exact) mass is 300 g/mol. The van der Waals surface area contributed by atoms with E-state index in [-0.39, 0.29) is 5.69 Å². The lowest BCUT2D eigenvalue weighted by molar-refractivity contribution is -0.991. The Morgan fingerprint density at radius 2 is 1.86 bits per heavy atom. The van der Waals surface area contributed by atoms with E-state index in [9.17, 15) is 20.5 Å². The van der Waals surface area contributed by atoms with E-state index in [1.807, 2.05) is 0 Å². The van der Waals surface area contributed by atoms with E-state index < -0.39 is 35.9 Å². The summed E-state index contributed by atoms with van der Waals surface area (Å²) in [6, 6.07) is 4.49. The molecule has 1 heterocycles. The SMILES string of the molecule is Cc1cc([NH+]([O-])O)ccc1NC1O[C@@H](C)[C@H](O)[C@@H](O)[C@H]1O. The van der Waals surface area contributed by atoms with Crippen LogP contribution >= 0.6 is 0 Å². The Balaban J connectivity index is 2.14. The molecule has 1 aliphatic heterocycles. The summed E-state index contributed by atoms with van der Waals surface area (Å²) in [4.78, 5) is 0. The summed E-state index contributed by atoms with van der Waals surface area (Å²) in [6.45, 7) is 3.31. The average Bonchev–Trinajstić information content (AvgIpc) is 2.44. The second-order valence-electron chi connectivity index (χ2n) is 5.21. The normalized spacial score (nSPS) is 34.5. The molecule has 1 aromatic carbocycles. The van der Waals surface area contributed by atoms with Crippen molar-refractivity contribution in [2.45, 2.75) is 44.5 Å². The molecule has 1 saturated heterocycles. The van der Waals surface area contributed by atoms with Crippen molar-refractivity contribution in [2.24, 2.45) is 0 Å². The van der Waals surface area contributed by atoms with Crippen LogP contribution in [0, 0.1) is 12.1 Å². The summed E-state index contributed by atoms with van der Waals surface area (Å²) < 4.78 is 5.43. The topological polar surface area (TPSA) is 130 Å². The standard InChI is InChI=1S/C13H20N2O6/c1-6-5-8(15(19)20)3-4-9(6)14-13-12(18)11(17)10(16)7(2)21-13/h3-5,7,10-19H,1-2H3/t7-,10-,11+,12+,13?/m0/s1. The fourth-order valence-corrected chi connectivity index (χ4v) is 2.28. The zero-order valence-corrected chi connectivity index (χ0v) is 11.7. The van der Waals surface area contributed by atoms with Crippen molar-refractivity contribution in [1.29, 1.82) is 0 Å². The maximum absolute atomic E-state index is 10.9. The second-order valence-corrected chi connectivity index (χ2v) is 5.21. The first-order valence-corrected chi connectivity index (χ1v) is 6.61. The van der Waals surface area contributed by atoms with Crippen molar-refractivity contribution in [3.05, 3.63) is 29.0 Å². The summed E-state index contributed by atoms with van der Waals surface area (Å²) >= 11 is 0. The fourth-order valence-electron chi connectivity index (χ4n) is 2.28. The largest absolute Gasteiger partial charge is 0.595 e. The van der Waals surface area contributed by atoms with Crippen molar-refractivity contribution >= 4 is 11.4 Å². The lowest BCUT2D eigenvalue weighted by Gasteiger charge is -2.40. The Hall–Kier alpha value is -1.26. The van der Waals surface area contributed by atoms with Crippen molar-refractivity contribution in [1.82, 2.24) is 0 Å². The van der Waals surface area contributed by atoms with Crippen LogP contribution in [0.1, 0.15) is 12.5 Å². The maximum atomic E-state index is 10.9. The van der Waals surface area contributed by atoms with Gasteiger partial charge in [0.2, 0.25) is 0 Å². The third-order valence-electron chi connectivity index (χ3n) is 3.62. The van der Waals surface area contributed by atoms with Gasteiger partial charge in [-0.2, -0.15) is 5.23 Å². The molecule has 2 unspecified atom stereocenters. The number of aliphatic hydroxyl groups excluding tert-OH is 3. The molecule has 1 aliphatic rings. The molecule has 2 rings (SSSR count). The Labute approximate surface area is 121 Å². The molecule has 0 aliphatic carbocycles. The summed E-state index contributed by atoms with van der Waals surface area (Å²) in [7, 11) is 0. The van der Waals surface area contributed by atoms with Crippen molar-refractivity contribution < 1.29 is 30.5 Å². The number of anilines is 1. The summed E-state index contributed by atoms with van der Waals surface area (Å²) in [5.74, 6) is 0. The van der Waals surface area contributed by atoms with Crippen molar-refractivity contribution in [3.63, 3.8) is 0 Å². The van der Waals surface area contributed by atoms with E-state index in [4.69, 9.17) is 9.94 Å². The molecule has 0 saturated carbocycles. The molecule has 8 heteroatoms. The molecule has 6 N–H and O–H groups in total. The summed E-state index contributed by atoms with van der Waals surface area (Å²) in [5.41, 5.74) is 1.41. The van der Waals surface area contributed by atoms with Crippen molar-refractivity contribution in [2.75, 3.05) is 5.32 Å². The Kier molecular flexibility index (Phi) is 4.79. The number of aliphatic hydroxyl groups is 3. The van der Waals surface area contributed by atoms with Crippen LogP contribution < -0.4 is 10.5 Å². The Morgan fingerprint density at radius 3 is 2.43 bits per heavy atom. The van der Waals surface area contributed by atoms with E-state index in [1.54, 1.807) is 19.9 Å². The van der Waals surface area contributed by atoms with Crippen LogP contribution in [0.2, 0.25) is 0 Å². The molecule has 0 amide bonds. The minimum atomic E-state index is -1.31. The molecular formula is C13H20N2O6. The maximum Gasteiger partial charge on any atom is 0.164 e. The fraction of sp³-hybridized carbons (Fsp3) is 0.538. The molecule has 0 radical (unpaired) electrons. The highest BCUT2D eigenvalue weighted by Crippen LogP contribution is 2.25. The summed E-state index contributed by atoms with van der Waals surface area (Å²) in [5, 5.41) is 51.0. The van der Waals surface area contributed by atoms with Gasteiger partial charge in [-0.25, -0.2) is 5.21 Å². The number of ether oxygens (including phenoxy) is 1. The quantitative estimate of drug-likeness (QED) is 0.380. The van der Waals surface area contributed by atoms with Gasteiger partial charge in [0.05, 0.1) is 6.10 Å². The molecule has 1 aromatic rings. The molecule has 0 bridgehead atoms. The number of aryl methyl sites for hydroxylation is 1. The molecule has 118 valence electrons. The van der Waals surface area contributed by atoms with Gasteiger partial charge in [-0.3, -0.25) is 0 Å². The first-order valence-electron chi connectivity index (χ1n) is 6.61. The summed E-state index contributed by atoms with van der Waals surface area (Å²) in [6.07, 6.45) is -5.31. The number of benzene rings is 1. The second kappa shape index (κ2) is 6.24. The van der Waals surface area contributed by atoms with E-state index in [2.05, 4.69) is 5.32 Å². The minimum Gasteiger partial charge on any atom is -0.595 e. The highest BCUT2D eigenvalue weighted by atomic mass is 16.8. The van der Waals surface area contributed by atoms with Crippen LogP contribution in [0.5, 0.6) is 0 Å². The van der Waals surface area contributed by atoms with Crippen LogP contribution in [-0.2, 0) is 4.74 Å². The lowest BCUT2D eigenvalue weighted by Crippen LogP contribution is -2.99. The van der Waals surface area contributed by atoms with Crippen molar-refractivity contribution in [3.8, 4) is 0 Å². The highest BCUT2D eigenvalue weighted by Gasteiger charge is 2.41. The van der Waals surface area contributed by atoms with Gasteiger partial charge < -0.3 is 30.6 Å². The molecule has 21 heavy (non-hydrogen) atoms. The predicted octanol–water partition coefficient (Wildman–Crippen LogP) is -1.36. The van der Waals surface area contributed by atoms with E-state index in [0.717, 1.165) is 0 Å². The Bertz CT molecular complexity index is 498. The molecule has 8 nitrogen and oxygen atoms in total. The molecule has 0 spiro atoms. The third kappa shape index (κ3) is 3.33. The molecular weight excluding hydrogens is 280 g/mol. The number of quaternary nitrogens is 1. The lowest BCUT2D eigenvalue weighted by atomic mass is 9.99. The third-order valence-corrected chi connectivity index (χ3v) is 3.62. The number of hydrogen-bond acceptors (Lipinski definition) is 7. The van der Waals surface area contributed by atoms with E-state index >= 15 is 0 Å². The Morgan fingerprint density at radius 1 is 1.19 bits per heavy atom. The predicted molar refractivity (Wildman–Crippen MR) is 72.9 cm³/mol. The van der Waals surface area contributed by atoms with Gasteiger partial charge in [-0.15, -0.1) is 0 Å². The number of hydrogen-bond donors (Lipinski definition) is 6. The molecule has 0 aromatic heterocycles. The van der Waals surface area contributed by atoms with Crippen LogP contribution in [0.15, 0.2) is 18.2 Å². The van der Waals surface area contributed by atoms with Gasteiger partial charge in [0.15, 0.2) is 11.9 Å². The van der Waals surface area contributed by atoms with Crippen LogP contribution in [0.3, 0.4) is 0 Å². The number of nitrogens with one attached hydrogen (secondary N) is 2. The first-order chi connectivity index (χ1) is 9.81. The highest BCUT2D eigenvalue weighted by molar-refractivity contribution is 5.55. The molecule has 1 fully saturated rings. The molecule has 6 atom stereocenters. The average molecular weight is 300 g/mol. The van der Waals surface area contributed by atoms with E-state index in [1.165, 1.54) is 12.1 Å². The van der Waals surface area contributed by atoms with Gasteiger partial charge in [-0.1, -0.05) is 0 Å². The van der Waals surface area contributed by atoms with Crippen LogP contribution in [0.4, 0.5) is 11.4 Å². The number of rotatable bonds is 3. The van der Waals surface area contributed by atoms with Crippen LogP contribution in [0.25, 0.3) is 0 Å². The van der Waals surface area contributed by atoms with Gasteiger partial charge in [0, 0.05) is 17.8 Å². The zero-order valence-electron chi connectivity index (χ0n) is 11.7. The van der Waals surface area contributed by atoms with Gasteiger partial charge >= 0.3 is 0 Å². The van der Waals surface area contributed by atoms with E-state index in [0.29, 0.717) is 11.3 Å². The smallest absolute Gasteiger partial charge is 0.164 e. The minimum absolute atomic E-state index is 0.159. The van der Waals surface area contributed by atoms with Gasteiger partial charge in [-0.05, 0) is 25.5 Å². The first kappa shape index (κ1) is 16.1. The van der Waals surface area contributed by atoms with Gasteiger partial charge in [0.25, 0.3) is 0 Å². The van der Waals surface area contributed by atoms with Crippen LogP contribution in [-0.4, -0.2) is 51.2 Å². The zero-order chi connectivity index (χ0) is 15.7. The van der Waals surface area contributed by atoms with Gasteiger partial charge in [0.1, 0.15) is 18.3 Å².